The van der Waals surface area contributed by atoms with Crippen molar-refractivity contribution >= 4 is 40.6 Å². The molecule has 1 aromatic heterocycles. The zero-order chi connectivity index (χ0) is 24.1. The summed E-state index contributed by atoms with van der Waals surface area (Å²) in [6.07, 6.45) is 0. The van der Waals surface area contributed by atoms with E-state index in [1.54, 1.807) is 36.4 Å². The Kier molecular flexibility index (Phi) is 5.53. The number of fused-ring (bicyclic) bond motifs is 2. The molecule has 1 fully saturated rings. The van der Waals surface area contributed by atoms with E-state index >= 15 is 0 Å². The SMILES string of the molecule is COc1ccc(N2C(=O)C3Sc4[nH]c(=O)sc4C(c4cc(OC)c(O)c(OC)c4)C3C2=O)cc1. The van der Waals surface area contributed by atoms with Gasteiger partial charge in [-0.15, -0.1) is 0 Å². The molecule has 11 heteroatoms. The van der Waals surface area contributed by atoms with Crippen molar-refractivity contribution < 1.29 is 28.9 Å². The van der Waals surface area contributed by atoms with Crippen LogP contribution >= 0.6 is 23.1 Å². The first kappa shape index (κ1) is 22.4. The zero-order valence-corrected chi connectivity index (χ0v) is 20.0. The Bertz CT molecular complexity index is 1320. The van der Waals surface area contributed by atoms with Crippen molar-refractivity contribution in [2.75, 3.05) is 26.2 Å². The first-order valence-corrected chi connectivity index (χ1v) is 11.9. The minimum absolute atomic E-state index is 0.164. The molecule has 0 aliphatic carbocycles. The zero-order valence-electron chi connectivity index (χ0n) is 18.4. The van der Waals surface area contributed by atoms with E-state index in [0.717, 1.165) is 11.3 Å². The summed E-state index contributed by atoms with van der Waals surface area (Å²) in [5.41, 5.74) is 1.04. The fourth-order valence-corrected chi connectivity index (χ4v) is 6.97. The molecular weight excluding hydrogens is 480 g/mol. The van der Waals surface area contributed by atoms with E-state index in [9.17, 15) is 19.5 Å². The summed E-state index contributed by atoms with van der Waals surface area (Å²) in [6.45, 7) is 0. The Balaban J connectivity index is 1.66. The molecule has 2 aromatic carbocycles. The molecular formula is C23H20N2O7S2. The van der Waals surface area contributed by atoms with E-state index in [2.05, 4.69) is 4.98 Å². The Labute approximate surface area is 202 Å². The number of imide groups is 1. The minimum Gasteiger partial charge on any atom is -0.502 e. The fraction of sp³-hybridized carbons (Fsp3) is 0.261. The quantitative estimate of drug-likeness (QED) is 0.514. The topological polar surface area (TPSA) is 118 Å². The smallest absolute Gasteiger partial charge is 0.305 e. The Morgan fingerprint density at radius 2 is 1.59 bits per heavy atom. The molecule has 2 amide bonds. The number of aromatic hydroxyl groups is 1. The lowest BCUT2D eigenvalue weighted by atomic mass is 9.83. The molecule has 3 atom stereocenters. The van der Waals surface area contributed by atoms with Gasteiger partial charge in [-0.3, -0.25) is 14.4 Å². The summed E-state index contributed by atoms with van der Waals surface area (Å²) in [7, 11) is 4.36. The van der Waals surface area contributed by atoms with Crippen LogP contribution in [0.3, 0.4) is 0 Å². The Morgan fingerprint density at radius 1 is 0.941 bits per heavy atom. The summed E-state index contributed by atoms with van der Waals surface area (Å²) in [4.78, 5) is 43.8. The number of amides is 2. The first-order chi connectivity index (χ1) is 16.4. The molecule has 3 aromatic rings. The molecule has 3 heterocycles. The highest BCUT2D eigenvalue weighted by molar-refractivity contribution is 8.00. The van der Waals surface area contributed by atoms with Crippen LogP contribution in [0.5, 0.6) is 23.0 Å². The Hall–Kier alpha value is -3.44. The molecule has 34 heavy (non-hydrogen) atoms. The highest BCUT2D eigenvalue weighted by Crippen LogP contribution is 2.54. The third-order valence-electron chi connectivity index (χ3n) is 6.02. The third kappa shape index (κ3) is 3.34. The molecule has 1 saturated heterocycles. The first-order valence-electron chi connectivity index (χ1n) is 10.2. The van der Waals surface area contributed by atoms with Gasteiger partial charge >= 0.3 is 4.87 Å². The number of carbonyl (C=O) groups excluding carboxylic acids is 2. The lowest BCUT2D eigenvalue weighted by molar-refractivity contribution is -0.122. The second-order valence-corrected chi connectivity index (χ2v) is 9.90. The average Bonchev–Trinajstić information content (AvgIpc) is 3.33. The molecule has 2 aliphatic heterocycles. The molecule has 0 spiro atoms. The number of nitrogens with zero attached hydrogens (tertiary/aromatic N) is 1. The number of phenolic OH excluding ortho intramolecular Hbond substituents is 1. The number of benzene rings is 2. The molecule has 0 bridgehead atoms. The molecule has 2 N–H and O–H groups in total. The number of nitrogens with one attached hydrogen (secondary N) is 1. The van der Waals surface area contributed by atoms with E-state index in [0.29, 0.717) is 26.9 Å². The van der Waals surface area contributed by atoms with Crippen molar-refractivity contribution in [1.82, 2.24) is 4.98 Å². The third-order valence-corrected chi connectivity index (χ3v) is 8.42. The van der Waals surface area contributed by atoms with Crippen LogP contribution in [0.15, 0.2) is 46.2 Å². The summed E-state index contributed by atoms with van der Waals surface area (Å²) in [5, 5.41) is 10.2. The number of aromatic nitrogens is 1. The highest BCUT2D eigenvalue weighted by atomic mass is 32.2. The van der Waals surface area contributed by atoms with Crippen LogP contribution in [-0.4, -0.2) is 48.5 Å². The summed E-state index contributed by atoms with van der Waals surface area (Å²) in [5.74, 6) is -1.34. The van der Waals surface area contributed by atoms with Crippen molar-refractivity contribution in [1.29, 1.82) is 0 Å². The van der Waals surface area contributed by atoms with E-state index in [1.807, 2.05) is 0 Å². The molecule has 5 rings (SSSR count). The maximum Gasteiger partial charge on any atom is 0.305 e. The number of carbonyl (C=O) groups is 2. The fourth-order valence-electron chi connectivity index (χ4n) is 4.46. The van der Waals surface area contributed by atoms with Crippen LogP contribution in [0, 0.1) is 5.92 Å². The van der Waals surface area contributed by atoms with Crippen molar-refractivity contribution in [3.63, 3.8) is 0 Å². The van der Waals surface area contributed by atoms with Gasteiger partial charge in [-0.05, 0) is 42.0 Å². The second-order valence-electron chi connectivity index (χ2n) is 7.73. The van der Waals surface area contributed by atoms with Gasteiger partial charge in [0, 0.05) is 10.8 Å². The molecule has 176 valence electrons. The van der Waals surface area contributed by atoms with Gasteiger partial charge in [-0.25, -0.2) is 4.90 Å². The van der Waals surface area contributed by atoms with Gasteiger partial charge in [0.1, 0.15) is 11.0 Å². The molecule has 3 unspecified atom stereocenters. The minimum atomic E-state index is -0.766. The van der Waals surface area contributed by atoms with Crippen LogP contribution in [0.25, 0.3) is 0 Å². The lowest BCUT2D eigenvalue weighted by Crippen LogP contribution is -2.32. The normalized spacial score (nSPS) is 21.3. The van der Waals surface area contributed by atoms with E-state index in [1.165, 1.54) is 38.0 Å². The largest absolute Gasteiger partial charge is 0.502 e. The van der Waals surface area contributed by atoms with Gasteiger partial charge in [0.25, 0.3) is 0 Å². The maximum absolute atomic E-state index is 13.7. The summed E-state index contributed by atoms with van der Waals surface area (Å²) in [6, 6.07) is 9.92. The number of anilines is 1. The van der Waals surface area contributed by atoms with Gasteiger partial charge in [-0.1, -0.05) is 23.1 Å². The average molecular weight is 501 g/mol. The predicted molar refractivity (Wildman–Crippen MR) is 127 cm³/mol. The molecule has 9 nitrogen and oxygen atoms in total. The van der Waals surface area contributed by atoms with Crippen molar-refractivity contribution in [2.24, 2.45) is 5.92 Å². The number of thiazole rings is 1. The maximum atomic E-state index is 13.7. The predicted octanol–water partition coefficient (Wildman–Crippen LogP) is 2.96. The van der Waals surface area contributed by atoms with Crippen LogP contribution in [0.1, 0.15) is 16.4 Å². The van der Waals surface area contributed by atoms with Gasteiger partial charge in [0.15, 0.2) is 11.5 Å². The van der Waals surface area contributed by atoms with Gasteiger partial charge in [-0.2, -0.15) is 0 Å². The van der Waals surface area contributed by atoms with Crippen LogP contribution < -0.4 is 24.0 Å². The van der Waals surface area contributed by atoms with Gasteiger partial charge in [0.05, 0.1) is 38.0 Å². The number of aromatic amines is 1. The number of hydrogen-bond acceptors (Lipinski definition) is 9. The van der Waals surface area contributed by atoms with Crippen LogP contribution in [0.4, 0.5) is 5.69 Å². The monoisotopic (exact) mass is 500 g/mol. The van der Waals surface area contributed by atoms with Crippen molar-refractivity contribution in [3.8, 4) is 23.0 Å². The number of H-pyrrole nitrogens is 1. The summed E-state index contributed by atoms with van der Waals surface area (Å²) >= 11 is 2.20. The molecule has 0 radical (unpaired) electrons. The molecule has 2 aliphatic rings. The standard InChI is InChI=1S/C23H20N2O7S2/c1-30-12-6-4-11(5-7-12)25-21(27)16-15(10-8-13(31-2)17(26)14(9-10)32-3)18-20(24-23(29)34-18)33-19(16)22(25)28/h4-9,15-16,19,26H,1-3H3,(H,24,29). The van der Waals surface area contributed by atoms with Crippen molar-refractivity contribution in [2.45, 2.75) is 16.2 Å². The summed E-state index contributed by atoms with van der Waals surface area (Å²) < 4.78 is 15.8. The van der Waals surface area contributed by atoms with Gasteiger partial charge in [0.2, 0.25) is 17.6 Å². The second kappa shape index (κ2) is 8.41. The molecule has 0 saturated carbocycles. The number of ether oxygens (including phenoxy) is 3. The lowest BCUT2D eigenvalue weighted by Gasteiger charge is -2.30. The number of methoxy groups -OCH3 is 3. The van der Waals surface area contributed by atoms with Crippen molar-refractivity contribution in [3.05, 3.63) is 56.5 Å². The number of phenols is 1. The van der Waals surface area contributed by atoms with Crippen LogP contribution in [0.2, 0.25) is 0 Å². The van der Waals surface area contributed by atoms with E-state index < -0.39 is 17.1 Å². The van der Waals surface area contributed by atoms with Gasteiger partial charge < -0.3 is 24.3 Å². The Morgan fingerprint density at radius 3 is 2.18 bits per heavy atom. The highest BCUT2D eigenvalue weighted by Gasteiger charge is 2.56. The van der Waals surface area contributed by atoms with E-state index in [-0.39, 0.29) is 33.9 Å². The van der Waals surface area contributed by atoms with E-state index in [4.69, 9.17) is 14.2 Å². The number of rotatable bonds is 5. The number of hydrogen-bond donors (Lipinski definition) is 2. The number of thioether (sulfide) groups is 1. The van der Waals surface area contributed by atoms with Crippen LogP contribution in [-0.2, 0) is 9.59 Å².